The molecule has 2 N–H and O–H groups in total. The molecule has 2 amide bonds. The fourth-order valence-corrected chi connectivity index (χ4v) is 2.85. The van der Waals surface area contributed by atoms with Gasteiger partial charge in [0, 0.05) is 38.5 Å². The van der Waals surface area contributed by atoms with Gasteiger partial charge in [-0.3, -0.25) is 9.59 Å². The van der Waals surface area contributed by atoms with Crippen LogP contribution in [0.2, 0.25) is 0 Å². The molecule has 2 aliphatic rings. The van der Waals surface area contributed by atoms with Gasteiger partial charge in [0.05, 0.1) is 0 Å². The summed E-state index contributed by atoms with van der Waals surface area (Å²) in [5.41, 5.74) is 5.43. The van der Waals surface area contributed by atoms with Crippen LogP contribution in [-0.2, 0) is 9.59 Å². The van der Waals surface area contributed by atoms with Gasteiger partial charge in [-0.05, 0) is 25.8 Å². The number of unbranched alkanes of at least 4 members (excludes halogenated alkanes) is 2. The normalized spacial score (nSPS) is 23.4. The molecule has 0 aliphatic carbocycles. The van der Waals surface area contributed by atoms with Crippen molar-refractivity contribution in [1.29, 1.82) is 0 Å². The monoisotopic (exact) mass is 253 g/mol. The van der Waals surface area contributed by atoms with E-state index in [2.05, 4.69) is 0 Å². The number of carbonyl (C=O) groups is 2. The maximum absolute atomic E-state index is 12.0. The molecule has 0 aromatic carbocycles. The fraction of sp³-hybridized carbons (Fsp3) is 0.846. The van der Waals surface area contributed by atoms with Crippen molar-refractivity contribution in [3.8, 4) is 0 Å². The van der Waals surface area contributed by atoms with E-state index < -0.39 is 0 Å². The fourth-order valence-electron chi connectivity index (χ4n) is 2.85. The van der Waals surface area contributed by atoms with Crippen LogP contribution < -0.4 is 5.73 Å². The first-order chi connectivity index (χ1) is 8.72. The minimum absolute atomic E-state index is 0.242. The molecule has 102 valence electrons. The van der Waals surface area contributed by atoms with Gasteiger partial charge in [0.1, 0.15) is 0 Å². The summed E-state index contributed by atoms with van der Waals surface area (Å²) in [5, 5.41) is 0. The zero-order chi connectivity index (χ0) is 13.0. The molecule has 0 spiro atoms. The van der Waals surface area contributed by atoms with Gasteiger partial charge in [-0.2, -0.15) is 0 Å². The SMILES string of the molecule is NCCCCCC(=O)N1CCN2C(=O)CCC2C1. The highest BCUT2D eigenvalue weighted by Gasteiger charge is 2.36. The van der Waals surface area contributed by atoms with Crippen LogP contribution in [0, 0.1) is 0 Å². The first kappa shape index (κ1) is 13.3. The van der Waals surface area contributed by atoms with Crippen LogP contribution in [0.25, 0.3) is 0 Å². The summed E-state index contributed by atoms with van der Waals surface area (Å²) < 4.78 is 0. The third kappa shape index (κ3) is 3.02. The highest BCUT2D eigenvalue weighted by Crippen LogP contribution is 2.23. The molecule has 5 nitrogen and oxygen atoms in total. The van der Waals surface area contributed by atoms with Gasteiger partial charge in [-0.1, -0.05) is 6.42 Å². The molecule has 18 heavy (non-hydrogen) atoms. The molecular weight excluding hydrogens is 230 g/mol. The number of piperazine rings is 1. The molecule has 2 aliphatic heterocycles. The Morgan fingerprint density at radius 2 is 2.11 bits per heavy atom. The summed E-state index contributed by atoms with van der Waals surface area (Å²) in [6.45, 7) is 2.87. The molecule has 2 rings (SSSR count). The van der Waals surface area contributed by atoms with Crippen molar-refractivity contribution in [3.05, 3.63) is 0 Å². The Balaban J connectivity index is 1.74. The maximum atomic E-state index is 12.0. The van der Waals surface area contributed by atoms with E-state index in [-0.39, 0.29) is 17.9 Å². The molecule has 0 radical (unpaired) electrons. The zero-order valence-corrected chi connectivity index (χ0v) is 10.9. The summed E-state index contributed by atoms with van der Waals surface area (Å²) in [6, 6.07) is 0.277. The Kier molecular flexibility index (Phi) is 4.58. The first-order valence-corrected chi connectivity index (χ1v) is 6.99. The molecule has 0 aromatic rings. The van der Waals surface area contributed by atoms with Crippen molar-refractivity contribution in [3.63, 3.8) is 0 Å². The van der Waals surface area contributed by atoms with E-state index in [9.17, 15) is 9.59 Å². The summed E-state index contributed by atoms with van der Waals surface area (Å²) in [6.07, 6.45) is 5.15. The van der Waals surface area contributed by atoms with E-state index in [1.54, 1.807) is 0 Å². The summed E-state index contributed by atoms with van der Waals surface area (Å²) in [7, 11) is 0. The van der Waals surface area contributed by atoms with Crippen LogP contribution in [0.5, 0.6) is 0 Å². The predicted molar refractivity (Wildman–Crippen MR) is 68.8 cm³/mol. The van der Waals surface area contributed by atoms with Gasteiger partial charge >= 0.3 is 0 Å². The minimum Gasteiger partial charge on any atom is -0.339 e. The van der Waals surface area contributed by atoms with Gasteiger partial charge < -0.3 is 15.5 Å². The second kappa shape index (κ2) is 6.18. The second-order valence-corrected chi connectivity index (χ2v) is 5.22. The molecule has 5 heteroatoms. The average molecular weight is 253 g/mol. The summed E-state index contributed by atoms with van der Waals surface area (Å²) >= 11 is 0. The van der Waals surface area contributed by atoms with Crippen LogP contribution in [0.4, 0.5) is 0 Å². The number of fused-ring (bicyclic) bond motifs is 1. The Morgan fingerprint density at radius 3 is 2.89 bits per heavy atom. The lowest BCUT2D eigenvalue weighted by molar-refractivity contribution is -0.139. The van der Waals surface area contributed by atoms with Crippen molar-refractivity contribution < 1.29 is 9.59 Å². The quantitative estimate of drug-likeness (QED) is 0.718. The minimum atomic E-state index is 0.242. The number of rotatable bonds is 5. The molecule has 1 atom stereocenters. The van der Waals surface area contributed by atoms with Gasteiger partial charge in [0.2, 0.25) is 11.8 Å². The van der Waals surface area contributed by atoms with Crippen LogP contribution in [0.1, 0.15) is 38.5 Å². The summed E-state index contributed by atoms with van der Waals surface area (Å²) in [5.74, 6) is 0.501. The van der Waals surface area contributed by atoms with E-state index in [0.29, 0.717) is 25.9 Å². The van der Waals surface area contributed by atoms with Gasteiger partial charge in [0.15, 0.2) is 0 Å². The molecular formula is C13H23N3O2. The molecule has 1 unspecified atom stereocenters. The molecule has 0 aromatic heterocycles. The van der Waals surface area contributed by atoms with Crippen molar-refractivity contribution >= 4 is 11.8 Å². The Bertz CT molecular complexity index is 319. The van der Waals surface area contributed by atoms with E-state index in [1.807, 2.05) is 9.80 Å². The standard InChI is InChI=1S/C13H23N3O2/c14-7-3-1-2-4-12(17)15-8-9-16-11(10-15)5-6-13(16)18/h11H,1-10,14H2. The Morgan fingerprint density at radius 1 is 1.28 bits per heavy atom. The van der Waals surface area contributed by atoms with Crippen LogP contribution in [0.3, 0.4) is 0 Å². The largest absolute Gasteiger partial charge is 0.339 e. The highest BCUT2D eigenvalue weighted by molar-refractivity contribution is 5.80. The van der Waals surface area contributed by atoms with Crippen LogP contribution in [-0.4, -0.2) is 53.8 Å². The van der Waals surface area contributed by atoms with Gasteiger partial charge in [-0.15, -0.1) is 0 Å². The second-order valence-electron chi connectivity index (χ2n) is 5.22. The summed E-state index contributed by atoms with van der Waals surface area (Å²) in [4.78, 5) is 27.4. The molecule has 2 fully saturated rings. The molecule has 2 heterocycles. The van der Waals surface area contributed by atoms with Crippen molar-refractivity contribution in [2.45, 2.75) is 44.6 Å². The number of hydrogen-bond acceptors (Lipinski definition) is 3. The van der Waals surface area contributed by atoms with Gasteiger partial charge in [0.25, 0.3) is 0 Å². The third-order valence-corrected chi connectivity index (χ3v) is 3.94. The number of carbonyl (C=O) groups excluding carboxylic acids is 2. The number of nitrogens with zero attached hydrogens (tertiary/aromatic N) is 2. The third-order valence-electron chi connectivity index (χ3n) is 3.94. The first-order valence-electron chi connectivity index (χ1n) is 6.99. The van der Waals surface area contributed by atoms with Gasteiger partial charge in [-0.25, -0.2) is 0 Å². The number of hydrogen-bond donors (Lipinski definition) is 1. The van der Waals surface area contributed by atoms with Crippen LogP contribution >= 0.6 is 0 Å². The topological polar surface area (TPSA) is 66.6 Å². The van der Waals surface area contributed by atoms with Crippen molar-refractivity contribution in [1.82, 2.24) is 9.80 Å². The van der Waals surface area contributed by atoms with Crippen molar-refractivity contribution in [2.24, 2.45) is 5.73 Å². The zero-order valence-electron chi connectivity index (χ0n) is 10.9. The Labute approximate surface area is 108 Å². The number of amides is 2. The Hall–Kier alpha value is -1.10. The molecule has 0 bridgehead atoms. The molecule has 0 saturated carbocycles. The average Bonchev–Trinajstić information content (AvgIpc) is 2.76. The lowest BCUT2D eigenvalue weighted by atomic mass is 10.1. The van der Waals surface area contributed by atoms with Crippen molar-refractivity contribution in [2.75, 3.05) is 26.2 Å². The smallest absolute Gasteiger partial charge is 0.223 e. The van der Waals surface area contributed by atoms with Crippen LogP contribution in [0.15, 0.2) is 0 Å². The predicted octanol–water partition coefficient (Wildman–Crippen LogP) is 0.339. The number of nitrogens with two attached hydrogens (primary N) is 1. The van der Waals surface area contributed by atoms with E-state index in [0.717, 1.165) is 38.8 Å². The lowest BCUT2D eigenvalue weighted by Gasteiger charge is -2.37. The van der Waals surface area contributed by atoms with E-state index >= 15 is 0 Å². The van der Waals surface area contributed by atoms with E-state index in [1.165, 1.54) is 0 Å². The molecule has 2 saturated heterocycles. The van der Waals surface area contributed by atoms with E-state index in [4.69, 9.17) is 5.73 Å². The highest BCUT2D eigenvalue weighted by atomic mass is 16.2. The lowest BCUT2D eigenvalue weighted by Crippen LogP contribution is -2.53. The maximum Gasteiger partial charge on any atom is 0.223 e.